The lowest BCUT2D eigenvalue weighted by Crippen LogP contribution is -2.21. The van der Waals surface area contributed by atoms with Crippen LogP contribution in [0.1, 0.15) is 18.7 Å². The predicted molar refractivity (Wildman–Crippen MR) is 113 cm³/mol. The first-order valence-corrected chi connectivity index (χ1v) is 10.1. The van der Waals surface area contributed by atoms with Crippen LogP contribution in [0.25, 0.3) is 22.6 Å². The summed E-state index contributed by atoms with van der Waals surface area (Å²) in [5.74, 6) is 0.284. The lowest BCUT2D eigenvalue weighted by Gasteiger charge is -2.20. The van der Waals surface area contributed by atoms with Gasteiger partial charge in [-0.2, -0.15) is 0 Å². The molecule has 0 spiro atoms. The third-order valence-electron chi connectivity index (χ3n) is 5.71. The zero-order valence-corrected chi connectivity index (χ0v) is 17.0. The SMILES string of the molecule is CC1CN(Cc2ccon2)CC1n1cnc(-c2ccc(F)cc2)c1-c1ccnc(N)n1. The second-order valence-electron chi connectivity index (χ2n) is 7.89. The summed E-state index contributed by atoms with van der Waals surface area (Å²) in [7, 11) is 0. The molecule has 1 saturated heterocycles. The van der Waals surface area contributed by atoms with E-state index in [1.807, 2.05) is 18.5 Å². The smallest absolute Gasteiger partial charge is 0.220 e. The van der Waals surface area contributed by atoms with Crippen molar-refractivity contribution >= 4 is 5.95 Å². The van der Waals surface area contributed by atoms with Crippen LogP contribution >= 0.6 is 0 Å². The Morgan fingerprint density at radius 1 is 1.13 bits per heavy atom. The molecule has 0 aliphatic carbocycles. The number of nitrogens with two attached hydrogens (primary N) is 1. The molecular weight excluding hydrogens is 397 g/mol. The summed E-state index contributed by atoms with van der Waals surface area (Å²) in [5, 5.41) is 4.03. The van der Waals surface area contributed by atoms with Crippen molar-refractivity contribution in [2.24, 2.45) is 5.92 Å². The maximum Gasteiger partial charge on any atom is 0.220 e. The van der Waals surface area contributed by atoms with Crippen molar-refractivity contribution in [1.29, 1.82) is 0 Å². The molecule has 31 heavy (non-hydrogen) atoms. The standard InChI is InChI=1S/C22H22FN7O/c1-14-10-29(11-17-7-9-31-28-17)12-19(14)30-13-26-20(15-2-4-16(23)5-3-15)21(30)18-6-8-25-22(24)27-18/h2-9,13-14,19H,10-12H2,1H3,(H2,24,25,27). The van der Waals surface area contributed by atoms with Gasteiger partial charge in [0.25, 0.3) is 0 Å². The van der Waals surface area contributed by atoms with Crippen LogP contribution in [0, 0.1) is 11.7 Å². The van der Waals surface area contributed by atoms with E-state index in [9.17, 15) is 4.39 Å². The number of halogens is 1. The first-order valence-electron chi connectivity index (χ1n) is 10.1. The van der Waals surface area contributed by atoms with Gasteiger partial charge in [-0.15, -0.1) is 0 Å². The molecule has 0 radical (unpaired) electrons. The first-order chi connectivity index (χ1) is 15.1. The molecule has 2 atom stereocenters. The van der Waals surface area contributed by atoms with Gasteiger partial charge in [-0.25, -0.2) is 19.3 Å². The summed E-state index contributed by atoms with van der Waals surface area (Å²) in [6, 6.07) is 10.2. The summed E-state index contributed by atoms with van der Waals surface area (Å²) in [5.41, 5.74) is 9.88. The van der Waals surface area contributed by atoms with Crippen LogP contribution in [-0.2, 0) is 6.54 Å². The van der Waals surface area contributed by atoms with Crippen LogP contribution < -0.4 is 5.73 Å². The molecule has 4 heterocycles. The number of nitrogen functional groups attached to an aromatic ring is 1. The van der Waals surface area contributed by atoms with Gasteiger partial charge in [0.2, 0.25) is 5.95 Å². The van der Waals surface area contributed by atoms with Gasteiger partial charge in [0.1, 0.15) is 12.1 Å². The second kappa shape index (κ2) is 7.92. The third kappa shape index (κ3) is 3.79. The van der Waals surface area contributed by atoms with Crippen LogP contribution in [-0.4, -0.2) is 42.7 Å². The van der Waals surface area contributed by atoms with E-state index in [0.29, 0.717) is 11.6 Å². The van der Waals surface area contributed by atoms with E-state index in [2.05, 4.69) is 31.5 Å². The lowest BCUT2D eigenvalue weighted by molar-refractivity contribution is 0.299. The van der Waals surface area contributed by atoms with Crippen molar-refractivity contribution in [3.05, 3.63) is 66.7 Å². The maximum atomic E-state index is 13.5. The monoisotopic (exact) mass is 419 g/mol. The summed E-state index contributed by atoms with van der Waals surface area (Å²) >= 11 is 0. The maximum absolute atomic E-state index is 13.5. The average Bonchev–Trinajstić information content (AvgIpc) is 3.49. The number of aromatic nitrogens is 5. The number of imidazole rings is 1. The van der Waals surface area contributed by atoms with E-state index in [1.165, 1.54) is 12.1 Å². The number of nitrogens with zero attached hydrogens (tertiary/aromatic N) is 6. The largest absolute Gasteiger partial charge is 0.368 e. The Bertz CT molecular complexity index is 1170. The van der Waals surface area contributed by atoms with E-state index in [4.69, 9.17) is 15.2 Å². The van der Waals surface area contributed by atoms with Gasteiger partial charge in [-0.3, -0.25) is 4.90 Å². The number of hydrogen-bond acceptors (Lipinski definition) is 7. The summed E-state index contributed by atoms with van der Waals surface area (Å²) in [4.78, 5) is 15.5. The quantitative estimate of drug-likeness (QED) is 0.529. The highest BCUT2D eigenvalue weighted by atomic mass is 19.1. The Morgan fingerprint density at radius 3 is 2.71 bits per heavy atom. The van der Waals surface area contributed by atoms with Crippen molar-refractivity contribution in [3.8, 4) is 22.6 Å². The predicted octanol–water partition coefficient (Wildman–Crippen LogP) is 3.41. The minimum Gasteiger partial charge on any atom is -0.368 e. The number of anilines is 1. The van der Waals surface area contributed by atoms with Crippen LogP contribution in [0.4, 0.5) is 10.3 Å². The second-order valence-corrected chi connectivity index (χ2v) is 7.89. The number of hydrogen-bond donors (Lipinski definition) is 1. The Labute approximate surface area is 178 Å². The van der Waals surface area contributed by atoms with Crippen molar-refractivity contribution in [3.63, 3.8) is 0 Å². The number of benzene rings is 1. The fourth-order valence-electron chi connectivity index (χ4n) is 4.28. The van der Waals surface area contributed by atoms with Crippen molar-refractivity contribution in [2.75, 3.05) is 18.8 Å². The highest BCUT2D eigenvalue weighted by Gasteiger charge is 2.33. The Balaban J connectivity index is 1.55. The van der Waals surface area contributed by atoms with Crippen LogP contribution in [0.15, 0.2) is 59.7 Å². The van der Waals surface area contributed by atoms with Gasteiger partial charge < -0.3 is 14.8 Å². The Morgan fingerprint density at radius 2 is 1.97 bits per heavy atom. The van der Waals surface area contributed by atoms with E-state index >= 15 is 0 Å². The van der Waals surface area contributed by atoms with Gasteiger partial charge in [-0.1, -0.05) is 12.1 Å². The lowest BCUT2D eigenvalue weighted by atomic mass is 10.0. The number of rotatable bonds is 5. The molecule has 4 aromatic rings. The molecule has 2 N–H and O–H groups in total. The van der Waals surface area contributed by atoms with E-state index < -0.39 is 0 Å². The fourth-order valence-corrected chi connectivity index (χ4v) is 4.28. The topological polar surface area (TPSA) is 98.9 Å². The fraction of sp³-hybridized carbons (Fsp3) is 0.273. The van der Waals surface area contributed by atoms with E-state index in [-0.39, 0.29) is 17.8 Å². The molecule has 3 aromatic heterocycles. The van der Waals surface area contributed by atoms with Gasteiger partial charge in [0, 0.05) is 37.5 Å². The Kier molecular flexibility index (Phi) is 4.95. The molecule has 1 aliphatic heterocycles. The van der Waals surface area contributed by atoms with Gasteiger partial charge in [-0.05, 0) is 36.2 Å². The zero-order chi connectivity index (χ0) is 21.4. The molecule has 158 valence electrons. The molecule has 1 fully saturated rings. The van der Waals surface area contributed by atoms with Crippen molar-refractivity contribution < 1.29 is 8.91 Å². The molecule has 2 unspecified atom stereocenters. The molecule has 9 heteroatoms. The first kappa shape index (κ1) is 19.4. The molecule has 0 saturated carbocycles. The number of likely N-dealkylation sites (tertiary alicyclic amines) is 1. The van der Waals surface area contributed by atoms with Crippen LogP contribution in [0.2, 0.25) is 0 Å². The highest BCUT2D eigenvalue weighted by Crippen LogP contribution is 2.37. The Hall–Kier alpha value is -3.59. The highest BCUT2D eigenvalue weighted by molar-refractivity contribution is 5.77. The average molecular weight is 419 g/mol. The third-order valence-corrected chi connectivity index (χ3v) is 5.71. The van der Waals surface area contributed by atoms with Gasteiger partial charge in [0.15, 0.2) is 0 Å². The normalized spacial score (nSPS) is 19.2. The summed E-state index contributed by atoms with van der Waals surface area (Å²) in [6.07, 6.45) is 5.07. The molecule has 5 rings (SSSR count). The van der Waals surface area contributed by atoms with Gasteiger partial charge in [0.05, 0.1) is 35.1 Å². The molecule has 1 aliphatic rings. The molecule has 0 amide bonds. The van der Waals surface area contributed by atoms with Gasteiger partial charge >= 0.3 is 0 Å². The van der Waals surface area contributed by atoms with Crippen LogP contribution in [0.5, 0.6) is 0 Å². The zero-order valence-electron chi connectivity index (χ0n) is 17.0. The van der Waals surface area contributed by atoms with Crippen molar-refractivity contribution in [2.45, 2.75) is 19.5 Å². The van der Waals surface area contributed by atoms with Crippen LogP contribution in [0.3, 0.4) is 0 Å². The summed E-state index contributed by atoms with van der Waals surface area (Å²) < 4.78 is 20.6. The minimum absolute atomic E-state index is 0.180. The van der Waals surface area contributed by atoms with E-state index in [0.717, 1.165) is 42.3 Å². The van der Waals surface area contributed by atoms with E-state index in [1.54, 1.807) is 24.6 Å². The van der Waals surface area contributed by atoms with Crippen molar-refractivity contribution in [1.82, 2.24) is 29.6 Å². The minimum atomic E-state index is -0.288. The molecular formula is C22H22FN7O. The summed E-state index contributed by atoms with van der Waals surface area (Å²) in [6.45, 7) is 4.71. The molecule has 0 bridgehead atoms. The molecule has 8 nitrogen and oxygen atoms in total. The molecule has 1 aromatic carbocycles.